The van der Waals surface area contributed by atoms with E-state index in [0.717, 1.165) is 6.42 Å². The summed E-state index contributed by atoms with van der Waals surface area (Å²) < 4.78 is 0. The van der Waals surface area contributed by atoms with Gasteiger partial charge >= 0.3 is 51.4 Å². The Hall–Kier alpha value is 0.656. The summed E-state index contributed by atoms with van der Waals surface area (Å²) in [6, 6.07) is 7.59. The Kier molecular flexibility index (Phi) is 12.2. The zero-order valence-corrected chi connectivity index (χ0v) is 14.5. The predicted molar refractivity (Wildman–Crippen MR) is 70.9 cm³/mol. The minimum atomic E-state index is 0. The summed E-state index contributed by atoms with van der Waals surface area (Å²) >= 11 is 0. The van der Waals surface area contributed by atoms with Gasteiger partial charge in [-0.15, -0.1) is 0 Å². The van der Waals surface area contributed by atoms with Gasteiger partial charge in [0.1, 0.15) is 5.75 Å². The molecule has 2 heteroatoms. The van der Waals surface area contributed by atoms with E-state index >= 15 is 0 Å². The second kappa shape index (κ2) is 11.7. The summed E-state index contributed by atoms with van der Waals surface area (Å²) in [6.45, 7) is 2.25. The molecule has 17 heavy (non-hydrogen) atoms. The smallest absolute Gasteiger partial charge is 1.00 e. The molecule has 0 aliphatic rings. The normalized spacial score (nSPS) is 9.94. The third-order valence-electron chi connectivity index (χ3n) is 3.01. The number of phenolic OH excluding ortho intramolecular Hbond substituents is 1. The summed E-state index contributed by atoms with van der Waals surface area (Å²) in [7, 11) is 0. The van der Waals surface area contributed by atoms with Crippen LogP contribution in [-0.2, 0) is 6.42 Å². The molecule has 0 aromatic heterocycles. The number of benzene rings is 1. The minimum absolute atomic E-state index is 0. The zero-order valence-electron chi connectivity index (χ0n) is 12.4. The summed E-state index contributed by atoms with van der Waals surface area (Å²) in [5, 5.41) is 9.15. The molecule has 1 N–H and O–H groups in total. The number of hydrogen-bond donors (Lipinski definition) is 1. The Bertz CT molecular complexity index is 274. The molecule has 0 spiro atoms. The number of aromatic hydroxyl groups is 1. The third kappa shape index (κ3) is 9.26. The minimum Gasteiger partial charge on any atom is -1.00 e. The van der Waals surface area contributed by atoms with Gasteiger partial charge in [-0.05, 0) is 30.5 Å². The first kappa shape index (κ1) is 17.7. The Balaban J connectivity index is 0. The molecule has 0 unspecified atom stereocenters. The first-order valence-electron chi connectivity index (χ1n) is 6.61. The summed E-state index contributed by atoms with van der Waals surface area (Å²) in [6.07, 6.45) is 10.6. The maximum atomic E-state index is 9.15. The topological polar surface area (TPSA) is 20.2 Å². The van der Waals surface area contributed by atoms with Crippen LogP contribution in [0.3, 0.4) is 0 Å². The molecule has 1 nitrogen and oxygen atoms in total. The van der Waals surface area contributed by atoms with Crippen LogP contribution in [0, 0.1) is 0 Å². The van der Waals surface area contributed by atoms with E-state index in [0.29, 0.717) is 5.75 Å². The maximum Gasteiger partial charge on any atom is 1.00 e. The number of aryl methyl sites for hydroxylation is 1. The van der Waals surface area contributed by atoms with Crippen molar-refractivity contribution in [3.63, 3.8) is 0 Å². The van der Waals surface area contributed by atoms with E-state index < -0.39 is 0 Å². The van der Waals surface area contributed by atoms with Crippen LogP contribution in [0.4, 0.5) is 0 Å². The number of unbranched alkanes of at least 4 members (excludes halogenated alkanes) is 6. The van der Waals surface area contributed by atoms with E-state index in [1.165, 1.54) is 50.5 Å². The molecule has 0 atom stereocenters. The van der Waals surface area contributed by atoms with Crippen molar-refractivity contribution in [2.75, 3.05) is 0 Å². The van der Waals surface area contributed by atoms with Crippen molar-refractivity contribution in [1.29, 1.82) is 0 Å². The quantitative estimate of drug-likeness (QED) is 0.558. The molecule has 0 aliphatic carbocycles. The van der Waals surface area contributed by atoms with Crippen LogP contribution >= 0.6 is 0 Å². The van der Waals surface area contributed by atoms with Crippen molar-refractivity contribution in [3.05, 3.63) is 29.8 Å². The van der Waals surface area contributed by atoms with Crippen molar-refractivity contribution >= 4 is 0 Å². The molecule has 0 amide bonds. The number of phenols is 1. The van der Waals surface area contributed by atoms with Crippen LogP contribution in [0.5, 0.6) is 5.75 Å². The maximum absolute atomic E-state index is 9.15. The van der Waals surface area contributed by atoms with Gasteiger partial charge in [-0.2, -0.15) is 0 Å². The molecule has 0 radical (unpaired) electrons. The van der Waals surface area contributed by atoms with Gasteiger partial charge in [0.15, 0.2) is 0 Å². The molecule has 1 aromatic rings. The van der Waals surface area contributed by atoms with Crippen LogP contribution in [0.25, 0.3) is 0 Å². The molecule has 1 aromatic carbocycles. The van der Waals surface area contributed by atoms with Crippen molar-refractivity contribution in [3.8, 4) is 5.75 Å². The number of rotatable bonds is 8. The molecule has 0 bridgehead atoms. The van der Waals surface area contributed by atoms with E-state index in [9.17, 15) is 0 Å². The van der Waals surface area contributed by atoms with Gasteiger partial charge in [-0.3, -0.25) is 0 Å². The van der Waals surface area contributed by atoms with Crippen LogP contribution in [0.15, 0.2) is 24.3 Å². The molecule has 0 aliphatic heterocycles. The molecule has 92 valence electrons. The summed E-state index contributed by atoms with van der Waals surface area (Å²) in [4.78, 5) is 0. The fourth-order valence-electron chi connectivity index (χ4n) is 1.95. The fraction of sp³-hybridized carbons (Fsp3) is 0.600. The molecule has 0 saturated heterocycles. The van der Waals surface area contributed by atoms with Crippen LogP contribution < -0.4 is 51.4 Å². The molecule has 0 fully saturated rings. The average Bonchev–Trinajstić information content (AvgIpc) is 2.30. The van der Waals surface area contributed by atoms with E-state index in [-0.39, 0.29) is 52.8 Å². The molecular weight excluding hydrogens is 235 g/mol. The first-order chi connectivity index (χ1) is 7.83. The van der Waals surface area contributed by atoms with Gasteiger partial charge < -0.3 is 6.53 Å². The van der Waals surface area contributed by atoms with Gasteiger partial charge in [-0.1, -0.05) is 57.6 Å². The Morgan fingerprint density at radius 3 is 2.00 bits per heavy atom. The summed E-state index contributed by atoms with van der Waals surface area (Å²) in [5.74, 6) is 0.364. The van der Waals surface area contributed by atoms with E-state index in [1.54, 1.807) is 12.1 Å². The van der Waals surface area contributed by atoms with Crippen LogP contribution in [0.2, 0.25) is 0 Å². The largest absolute Gasteiger partial charge is 1.00 e. The van der Waals surface area contributed by atoms with Gasteiger partial charge in [0, 0.05) is 0 Å². The van der Waals surface area contributed by atoms with Gasteiger partial charge in [-0.25, -0.2) is 0 Å². The van der Waals surface area contributed by atoms with Crippen molar-refractivity contribution in [2.45, 2.75) is 58.3 Å². The Labute approximate surface area is 150 Å². The Morgan fingerprint density at radius 2 is 1.41 bits per heavy atom. The SMILES string of the molecule is CCCCCCCCCc1ccc(O)cc1.[H-].[K+]. The summed E-state index contributed by atoms with van der Waals surface area (Å²) in [5.41, 5.74) is 1.34. The second-order valence-corrected chi connectivity index (χ2v) is 4.54. The van der Waals surface area contributed by atoms with E-state index in [4.69, 9.17) is 5.11 Å². The molecule has 0 heterocycles. The Morgan fingerprint density at radius 1 is 0.882 bits per heavy atom. The van der Waals surface area contributed by atoms with Crippen LogP contribution in [0.1, 0.15) is 58.9 Å². The van der Waals surface area contributed by atoms with Gasteiger partial charge in [0.2, 0.25) is 0 Å². The molecule has 1 rings (SSSR count). The van der Waals surface area contributed by atoms with E-state index in [2.05, 4.69) is 6.92 Å². The standard InChI is InChI=1S/C15H24O.K.H/c1-2-3-4-5-6-7-8-9-14-10-12-15(16)13-11-14;;/h10-13,16H,2-9H2,1H3;;/q;+1;-1. The fourth-order valence-corrected chi connectivity index (χ4v) is 1.95. The van der Waals surface area contributed by atoms with Crippen molar-refractivity contribution in [1.82, 2.24) is 0 Å². The van der Waals surface area contributed by atoms with Gasteiger partial charge in [0.05, 0.1) is 0 Å². The zero-order chi connectivity index (χ0) is 11.6. The first-order valence-corrected chi connectivity index (χ1v) is 6.61. The second-order valence-electron chi connectivity index (χ2n) is 4.54. The van der Waals surface area contributed by atoms with E-state index in [1.807, 2.05) is 12.1 Å². The van der Waals surface area contributed by atoms with Crippen molar-refractivity contribution < 1.29 is 57.9 Å². The van der Waals surface area contributed by atoms with Crippen LogP contribution in [-0.4, -0.2) is 5.11 Å². The number of hydrogen-bond acceptors (Lipinski definition) is 1. The predicted octanol–water partition coefficient (Wildman–Crippen LogP) is 1.80. The monoisotopic (exact) mass is 260 g/mol. The van der Waals surface area contributed by atoms with Gasteiger partial charge in [0.25, 0.3) is 0 Å². The molecule has 0 saturated carbocycles. The third-order valence-corrected chi connectivity index (χ3v) is 3.01. The van der Waals surface area contributed by atoms with Crippen molar-refractivity contribution in [2.24, 2.45) is 0 Å². The average molecular weight is 260 g/mol. The molecular formula is C15H25KO.